The average Bonchev–Trinajstić information content (AvgIpc) is 2.47. The molecule has 0 aliphatic heterocycles. The highest BCUT2D eigenvalue weighted by molar-refractivity contribution is 5.29. The van der Waals surface area contributed by atoms with Crippen molar-refractivity contribution in [3.8, 4) is 5.75 Å². The zero-order valence-electron chi connectivity index (χ0n) is 12.9. The maximum atomic E-state index is 5.81. The summed E-state index contributed by atoms with van der Waals surface area (Å²) in [6.07, 6.45) is 5.06. The van der Waals surface area contributed by atoms with Gasteiger partial charge in [0.25, 0.3) is 0 Å². The number of hydrogen-bond donors (Lipinski definition) is 1. The Morgan fingerprint density at radius 2 is 1.75 bits per heavy atom. The van der Waals surface area contributed by atoms with E-state index in [9.17, 15) is 0 Å². The van der Waals surface area contributed by atoms with Gasteiger partial charge in [0, 0.05) is 0 Å². The highest BCUT2D eigenvalue weighted by Crippen LogP contribution is 2.21. The fourth-order valence-corrected chi connectivity index (χ4v) is 2.14. The van der Waals surface area contributed by atoms with Gasteiger partial charge < -0.3 is 9.64 Å². The fraction of sp³-hybridized carbons (Fsp3) is 0.444. The van der Waals surface area contributed by atoms with Crippen molar-refractivity contribution >= 4 is 0 Å². The molecule has 0 aliphatic carbocycles. The highest BCUT2D eigenvalue weighted by Gasteiger charge is 2.05. The first-order chi connectivity index (χ1) is 9.71. The van der Waals surface area contributed by atoms with E-state index in [0.717, 1.165) is 32.0 Å². The Labute approximate surface area is 123 Å². The first kappa shape index (κ1) is 16.5. The van der Waals surface area contributed by atoms with Crippen molar-refractivity contribution in [2.75, 3.05) is 26.2 Å². The second kappa shape index (κ2) is 9.38. The van der Waals surface area contributed by atoms with Crippen molar-refractivity contribution in [1.82, 2.24) is 0 Å². The normalized spacial score (nSPS) is 12.2. The van der Waals surface area contributed by atoms with Crippen LogP contribution in [0.3, 0.4) is 0 Å². The lowest BCUT2D eigenvalue weighted by molar-refractivity contribution is -0.888. The second-order valence-electron chi connectivity index (χ2n) is 5.21. The molecule has 0 bridgehead atoms. The predicted molar refractivity (Wildman–Crippen MR) is 86.6 cm³/mol. The summed E-state index contributed by atoms with van der Waals surface area (Å²) < 4.78 is 5.81. The molecular formula is C18H28NO+. The van der Waals surface area contributed by atoms with Crippen molar-refractivity contribution in [3.63, 3.8) is 0 Å². The van der Waals surface area contributed by atoms with Crippen LogP contribution in [0.1, 0.15) is 31.7 Å². The lowest BCUT2D eigenvalue weighted by Gasteiger charge is -2.16. The summed E-state index contributed by atoms with van der Waals surface area (Å²) in [5.74, 6) is 1.57. The van der Waals surface area contributed by atoms with Gasteiger partial charge in [0.15, 0.2) is 0 Å². The zero-order chi connectivity index (χ0) is 14.8. The lowest BCUT2D eigenvalue weighted by Crippen LogP contribution is -3.12. The van der Waals surface area contributed by atoms with Crippen molar-refractivity contribution < 1.29 is 9.64 Å². The third kappa shape index (κ3) is 5.62. The van der Waals surface area contributed by atoms with E-state index in [1.54, 1.807) is 0 Å². The van der Waals surface area contributed by atoms with Crippen molar-refractivity contribution in [1.29, 1.82) is 0 Å². The first-order valence-electron chi connectivity index (χ1n) is 7.49. The summed E-state index contributed by atoms with van der Waals surface area (Å²) in [4.78, 5) is 1.42. The molecule has 0 aliphatic rings. The Kier molecular flexibility index (Phi) is 7.74. The third-order valence-electron chi connectivity index (χ3n) is 3.65. The molecule has 0 heterocycles. The molecule has 2 nitrogen and oxygen atoms in total. The highest BCUT2D eigenvalue weighted by atomic mass is 16.5. The molecular weight excluding hydrogens is 246 g/mol. The van der Waals surface area contributed by atoms with E-state index in [1.165, 1.54) is 16.9 Å². The number of benzene rings is 1. The minimum Gasteiger partial charge on any atom is -0.488 e. The van der Waals surface area contributed by atoms with Gasteiger partial charge in [0.05, 0.1) is 13.1 Å². The average molecular weight is 274 g/mol. The summed E-state index contributed by atoms with van der Waals surface area (Å²) in [7, 11) is 0. The van der Waals surface area contributed by atoms with E-state index in [4.69, 9.17) is 4.74 Å². The Morgan fingerprint density at radius 1 is 1.15 bits per heavy atom. The Hall–Kier alpha value is -1.54. The molecule has 1 aromatic carbocycles. The molecule has 20 heavy (non-hydrogen) atoms. The van der Waals surface area contributed by atoms with Gasteiger partial charge in [-0.3, -0.25) is 0 Å². The molecule has 0 spiro atoms. The van der Waals surface area contributed by atoms with Gasteiger partial charge >= 0.3 is 0 Å². The van der Waals surface area contributed by atoms with E-state index >= 15 is 0 Å². The van der Waals surface area contributed by atoms with E-state index in [-0.39, 0.29) is 0 Å². The van der Waals surface area contributed by atoms with E-state index < -0.39 is 0 Å². The van der Waals surface area contributed by atoms with Crippen molar-refractivity contribution in [2.45, 2.75) is 26.2 Å². The van der Waals surface area contributed by atoms with Gasteiger partial charge in [0.2, 0.25) is 0 Å². The van der Waals surface area contributed by atoms with Gasteiger partial charge in [0.1, 0.15) is 18.9 Å². The van der Waals surface area contributed by atoms with Gasteiger partial charge in [-0.1, -0.05) is 39.1 Å². The smallest absolute Gasteiger partial charge is 0.137 e. The molecule has 1 rings (SSSR count). The Balaban J connectivity index is 2.41. The minimum atomic E-state index is 0.615. The van der Waals surface area contributed by atoms with Gasteiger partial charge in [-0.2, -0.15) is 0 Å². The monoisotopic (exact) mass is 274 g/mol. The summed E-state index contributed by atoms with van der Waals surface area (Å²) in [5.41, 5.74) is 1.38. The summed E-state index contributed by atoms with van der Waals surface area (Å²) in [6, 6.07) is 8.48. The molecule has 2 heteroatoms. The molecule has 0 unspecified atom stereocenters. The summed E-state index contributed by atoms with van der Waals surface area (Å²) in [6.45, 7) is 15.6. The van der Waals surface area contributed by atoms with Crippen LogP contribution in [0.5, 0.6) is 5.75 Å². The SMILES string of the molecule is C=CC[NH+](CC=C)CCOc1ccc([C@@H](C)CC)cc1. The van der Waals surface area contributed by atoms with Crippen LogP contribution in [0.4, 0.5) is 0 Å². The third-order valence-corrected chi connectivity index (χ3v) is 3.65. The molecule has 0 fully saturated rings. The van der Waals surface area contributed by atoms with Gasteiger partial charge in [-0.25, -0.2) is 0 Å². The van der Waals surface area contributed by atoms with Crippen LogP contribution in [0.25, 0.3) is 0 Å². The topological polar surface area (TPSA) is 13.7 Å². The standard InChI is InChI=1S/C18H27NO/c1-5-12-19(13-6-2)14-15-20-18-10-8-17(9-11-18)16(4)7-3/h5-6,8-11,16H,1-2,7,12-15H2,3-4H3/p+1/t16-/m0/s1. The molecule has 110 valence electrons. The number of quaternary nitrogens is 1. The first-order valence-corrected chi connectivity index (χ1v) is 7.49. The summed E-state index contributed by atoms with van der Waals surface area (Å²) in [5, 5.41) is 0. The van der Waals surface area contributed by atoms with Crippen LogP contribution in [-0.4, -0.2) is 26.2 Å². The van der Waals surface area contributed by atoms with Gasteiger partial charge in [-0.05, 0) is 42.2 Å². The van der Waals surface area contributed by atoms with Crippen LogP contribution in [0, 0.1) is 0 Å². The molecule has 0 saturated heterocycles. The van der Waals surface area contributed by atoms with Crippen LogP contribution >= 0.6 is 0 Å². The number of nitrogens with one attached hydrogen (secondary N) is 1. The quantitative estimate of drug-likeness (QED) is 0.648. The lowest BCUT2D eigenvalue weighted by atomic mass is 9.99. The molecule has 0 amide bonds. The second-order valence-corrected chi connectivity index (χ2v) is 5.21. The molecule has 0 aromatic heterocycles. The molecule has 0 radical (unpaired) electrons. The fourth-order valence-electron chi connectivity index (χ4n) is 2.14. The van der Waals surface area contributed by atoms with Crippen molar-refractivity contribution in [2.24, 2.45) is 0 Å². The molecule has 0 saturated carbocycles. The number of ether oxygens (including phenoxy) is 1. The van der Waals surface area contributed by atoms with Crippen LogP contribution in [0.15, 0.2) is 49.6 Å². The Morgan fingerprint density at radius 3 is 2.25 bits per heavy atom. The largest absolute Gasteiger partial charge is 0.488 e. The van der Waals surface area contributed by atoms with Crippen LogP contribution in [0.2, 0.25) is 0 Å². The van der Waals surface area contributed by atoms with E-state index in [1.807, 2.05) is 12.2 Å². The van der Waals surface area contributed by atoms with E-state index in [0.29, 0.717) is 5.92 Å². The summed E-state index contributed by atoms with van der Waals surface area (Å²) >= 11 is 0. The van der Waals surface area contributed by atoms with Crippen LogP contribution in [-0.2, 0) is 0 Å². The maximum absolute atomic E-state index is 5.81. The maximum Gasteiger partial charge on any atom is 0.137 e. The minimum absolute atomic E-state index is 0.615. The van der Waals surface area contributed by atoms with E-state index in [2.05, 4.69) is 51.3 Å². The zero-order valence-corrected chi connectivity index (χ0v) is 12.9. The molecule has 1 atom stereocenters. The van der Waals surface area contributed by atoms with Gasteiger partial charge in [-0.15, -0.1) is 0 Å². The molecule has 1 N–H and O–H groups in total. The van der Waals surface area contributed by atoms with Crippen molar-refractivity contribution in [3.05, 3.63) is 55.1 Å². The molecule has 1 aromatic rings. The Bertz CT molecular complexity index is 386. The predicted octanol–water partition coefficient (Wildman–Crippen LogP) is 2.84. The number of rotatable bonds is 10. The van der Waals surface area contributed by atoms with Crippen LogP contribution < -0.4 is 9.64 Å². The number of hydrogen-bond acceptors (Lipinski definition) is 1.